The Balaban J connectivity index is 1.85. The Kier molecular flexibility index (Phi) is 5.09. The molecule has 2 rings (SSSR count). The largest absolute Gasteiger partial charge is 0.354 e. The van der Waals surface area contributed by atoms with E-state index in [0.717, 1.165) is 18.7 Å². The van der Waals surface area contributed by atoms with E-state index in [0.29, 0.717) is 12.2 Å². The van der Waals surface area contributed by atoms with Gasteiger partial charge >= 0.3 is 5.69 Å². The van der Waals surface area contributed by atoms with Crippen molar-refractivity contribution < 1.29 is 9.72 Å². The molecule has 0 aliphatic rings. The number of nitrogens with one attached hydrogen (secondary N) is 1. The number of carbonyl (C=O) groups is 1. The molecule has 124 valence electrons. The minimum atomic E-state index is -0.602. The quantitative estimate of drug-likeness (QED) is 0.471. The van der Waals surface area contributed by atoms with Crippen LogP contribution in [-0.4, -0.2) is 36.9 Å². The second-order valence-corrected chi connectivity index (χ2v) is 5.33. The first kappa shape index (κ1) is 16.7. The maximum atomic E-state index is 12.1. The second-order valence-electron chi connectivity index (χ2n) is 5.33. The number of rotatable bonds is 7. The van der Waals surface area contributed by atoms with Crippen LogP contribution in [0.3, 0.4) is 0 Å². The molecule has 1 N–H and O–H groups in total. The Morgan fingerprint density at radius 3 is 2.74 bits per heavy atom. The van der Waals surface area contributed by atoms with Crippen molar-refractivity contribution in [1.29, 1.82) is 0 Å². The fraction of sp³-hybridized carbons (Fsp3) is 0.500. The standard InChI is InChI=1S/C14H20N6O3/c1-10-5-7-16-18(10)8-4-6-15-14(21)12(3)19-11(2)13(9-17-19)20(22)23/h5,7,9,12H,4,6,8H2,1-3H3,(H,15,21). The highest BCUT2D eigenvalue weighted by atomic mass is 16.6. The van der Waals surface area contributed by atoms with E-state index < -0.39 is 11.0 Å². The van der Waals surface area contributed by atoms with E-state index in [1.54, 1.807) is 20.0 Å². The van der Waals surface area contributed by atoms with E-state index in [1.807, 2.05) is 17.7 Å². The zero-order chi connectivity index (χ0) is 17.0. The van der Waals surface area contributed by atoms with Gasteiger partial charge in [-0.25, -0.2) is 0 Å². The summed E-state index contributed by atoms with van der Waals surface area (Å²) in [7, 11) is 0. The van der Waals surface area contributed by atoms with Gasteiger partial charge in [0.15, 0.2) is 0 Å². The van der Waals surface area contributed by atoms with Crippen LogP contribution in [0.2, 0.25) is 0 Å². The molecular formula is C14H20N6O3. The molecule has 2 aromatic rings. The van der Waals surface area contributed by atoms with Gasteiger partial charge in [-0.15, -0.1) is 0 Å². The van der Waals surface area contributed by atoms with Gasteiger partial charge in [0.25, 0.3) is 0 Å². The summed E-state index contributed by atoms with van der Waals surface area (Å²) in [6.45, 7) is 6.44. The summed E-state index contributed by atoms with van der Waals surface area (Å²) >= 11 is 0. The van der Waals surface area contributed by atoms with Gasteiger partial charge in [-0.1, -0.05) is 0 Å². The number of nitro groups is 1. The summed E-state index contributed by atoms with van der Waals surface area (Å²) < 4.78 is 3.24. The van der Waals surface area contributed by atoms with Crippen LogP contribution in [0.5, 0.6) is 0 Å². The van der Waals surface area contributed by atoms with Crippen molar-refractivity contribution in [2.24, 2.45) is 0 Å². The number of hydrogen-bond donors (Lipinski definition) is 1. The topological polar surface area (TPSA) is 108 Å². The van der Waals surface area contributed by atoms with Crippen LogP contribution in [0, 0.1) is 24.0 Å². The molecule has 0 aliphatic carbocycles. The Morgan fingerprint density at radius 2 is 2.17 bits per heavy atom. The van der Waals surface area contributed by atoms with Crippen molar-refractivity contribution in [3.63, 3.8) is 0 Å². The molecule has 0 aromatic carbocycles. The molecule has 1 atom stereocenters. The summed E-state index contributed by atoms with van der Waals surface area (Å²) in [6.07, 6.45) is 3.65. The minimum Gasteiger partial charge on any atom is -0.354 e. The monoisotopic (exact) mass is 320 g/mol. The van der Waals surface area contributed by atoms with Gasteiger partial charge in [0.05, 0.1) is 4.92 Å². The molecule has 0 bridgehead atoms. The van der Waals surface area contributed by atoms with E-state index in [2.05, 4.69) is 15.5 Å². The smallest absolute Gasteiger partial charge is 0.309 e. The molecule has 0 radical (unpaired) electrons. The normalized spacial score (nSPS) is 12.1. The fourth-order valence-electron chi connectivity index (χ4n) is 2.32. The van der Waals surface area contributed by atoms with Crippen LogP contribution < -0.4 is 5.32 Å². The molecule has 23 heavy (non-hydrogen) atoms. The van der Waals surface area contributed by atoms with Crippen LogP contribution in [0.4, 0.5) is 5.69 Å². The summed E-state index contributed by atoms with van der Waals surface area (Å²) in [5, 5.41) is 21.8. The molecule has 0 fully saturated rings. The van der Waals surface area contributed by atoms with Crippen LogP contribution in [-0.2, 0) is 11.3 Å². The van der Waals surface area contributed by atoms with Gasteiger partial charge in [0.1, 0.15) is 17.9 Å². The zero-order valence-corrected chi connectivity index (χ0v) is 13.4. The Labute approximate surface area is 133 Å². The number of nitrogens with zero attached hydrogens (tertiary/aromatic N) is 5. The van der Waals surface area contributed by atoms with Crippen molar-refractivity contribution in [2.75, 3.05) is 6.54 Å². The predicted octanol–water partition coefficient (Wildman–Crippen LogP) is 1.37. The van der Waals surface area contributed by atoms with E-state index >= 15 is 0 Å². The van der Waals surface area contributed by atoms with Crippen LogP contribution >= 0.6 is 0 Å². The van der Waals surface area contributed by atoms with Gasteiger partial charge in [0, 0.05) is 25.0 Å². The first-order valence-corrected chi connectivity index (χ1v) is 7.36. The first-order chi connectivity index (χ1) is 10.9. The average molecular weight is 320 g/mol. The number of hydrogen-bond acceptors (Lipinski definition) is 5. The van der Waals surface area contributed by atoms with Crippen LogP contribution in [0.1, 0.15) is 30.8 Å². The lowest BCUT2D eigenvalue weighted by Gasteiger charge is -2.14. The fourth-order valence-corrected chi connectivity index (χ4v) is 2.32. The van der Waals surface area contributed by atoms with Crippen molar-refractivity contribution in [2.45, 2.75) is 39.8 Å². The highest BCUT2D eigenvalue weighted by molar-refractivity contribution is 5.79. The molecule has 1 unspecified atom stereocenters. The predicted molar refractivity (Wildman–Crippen MR) is 82.9 cm³/mol. The lowest BCUT2D eigenvalue weighted by Crippen LogP contribution is -2.33. The lowest BCUT2D eigenvalue weighted by atomic mass is 10.3. The molecule has 2 aromatic heterocycles. The molecule has 0 saturated carbocycles. The number of carbonyl (C=O) groups excluding carboxylic acids is 1. The molecular weight excluding hydrogens is 300 g/mol. The Bertz CT molecular complexity index is 705. The number of aryl methyl sites for hydroxylation is 2. The second kappa shape index (κ2) is 7.03. The van der Waals surface area contributed by atoms with E-state index in [4.69, 9.17) is 0 Å². The lowest BCUT2D eigenvalue weighted by molar-refractivity contribution is -0.385. The van der Waals surface area contributed by atoms with E-state index in [1.165, 1.54) is 10.9 Å². The minimum absolute atomic E-state index is 0.0844. The molecule has 2 heterocycles. The van der Waals surface area contributed by atoms with Gasteiger partial charge in [0.2, 0.25) is 5.91 Å². The van der Waals surface area contributed by atoms with E-state index in [-0.39, 0.29) is 11.6 Å². The van der Waals surface area contributed by atoms with Crippen LogP contribution in [0.15, 0.2) is 18.5 Å². The maximum absolute atomic E-state index is 12.1. The third kappa shape index (κ3) is 3.74. The highest BCUT2D eigenvalue weighted by Crippen LogP contribution is 2.19. The van der Waals surface area contributed by atoms with Gasteiger partial charge in [-0.2, -0.15) is 10.2 Å². The van der Waals surface area contributed by atoms with Gasteiger partial charge in [-0.05, 0) is 33.3 Å². The Morgan fingerprint density at radius 1 is 1.43 bits per heavy atom. The van der Waals surface area contributed by atoms with Crippen molar-refractivity contribution >= 4 is 11.6 Å². The third-order valence-corrected chi connectivity index (χ3v) is 3.74. The third-order valence-electron chi connectivity index (χ3n) is 3.74. The summed E-state index contributed by atoms with van der Waals surface area (Å²) in [5.41, 5.74) is 1.35. The van der Waals surface area contributed by atoms with Gasteiger partial charge < -0.3 is 5.32 Å². The summed E-state index contributed by atoms with van der Waals surface area (Å²) in [4.78, 5) is 22.5. The van der Waals surface area contributed by atoms with E-state index in [9.17, 15) is 14.9 Å². The SMILES string of the molecule is Cc1ccnn1CCCNC(=O)C(C)n1ncc([N+](=O)[O-])c1C. The summed E-state index contributed by atoms with van der Waals surface area (Å²) in [5.74, 6) is -0.219. The zero-order valence-electron chi connectivity index (χ0n) is 13.4. The average Bonchev–Trinajstić information content (AvgIpc) is 3.08. The first-order valence-electron chi connectivity index (χ1n) is 7.36. The van der Waals surface area contributed by atoms with Crippen LogP contribution in [0.25, 0.3) is 0 Å². The molecule has 0 aliphatic heterocycles. The molecule has 1 amide bonds. The van der Waals surface area contributed by atoms with Crippen molar-refractivity contribution in [3.05, 3.63) is 40.0 Å². The Hall–Kier alpha value is -2.71. The molecule has 9 heteroatoms. The maximum Gasteiger partial charge on any atom is 0.309 e. The number of amides is 1. The van der Waals surface area contributed by atoms with Gasteiger partial charge in [-0.3, -0.25) is 24.3 Å². The molecule has 0 spiro atoms. The van der Waals surface area contributed by atoms with Crippen molar-refractivity contribution in [1.82, 2.24) is 24.9 Å². The van der Waals surface area contributed by atoms with Crippen molar-refractivity contribution in [3.8, 4) is 0 Å². The summed E-state index contributed by atoms with van der Waals surface area (Å²) in [6, 6.07) is 1.32. The molecule has 0 saturated heterocycles. The highest BCUT2D eigenvalue weighted by Gasteiger charge is 2.23. The molecule has 9 nitrogen and oxygen atoms in total. The number of aromatic nitrogens is 4.